The lowest BCUT2D eigenvalue weighted by molar-refractivity contribution is 0.328. The molecular weight excluding hydrogens is 268 g/mol. The van der Waals surface area contributed by atoms with E-state index in [1.54, 1.807) is 0 Å². The summed E-state index contributed by atoms with van der Waals surface area (Å²) in [6, 6.07) is 4.52. The van der Waals surface area contributed by atoms with Crippen molar-refractivity contribution in [1.82, 2.24) is 0 Å². The summed E-state index contributed by atoms with van der Waals surface area (Å²) in [6.45, 7) is 5.78. The lowest BCUT2D eigenvalue weighted by Crippen LogP contribution is -2.31. The van der Waals surface area contributed by atoms with Crippen molar-refractivity contribution in [3.63, 3.8) is 0 Å². The van der Waals surface area contributed by atoms with E-state index in [4.69, 9.17) is 23.1 Å². The summed E-state index contributed by atoms with van der Waals surface area (Å²) in [4.78, 5) is 0. The fraction of sp³-hybridized carbons (Fsp3) is 0.647. The molecule has 0 aliphatic heterocycles. The largest absolute Gasteiger partial charge is 0.330 e. The molecule has 0 fully saturated rings. The monoisotopic (exact) mass is 294 g/mol. The summed E-state index contributed by atoms with van der Waals surface area (Å²) in [5.41, 5.74) is 15.9. The van der Waals surface area contributed by atoms with Crippen LogP contribution in [0.4, 0.5) is 0 Å². The number of benzene rings is 1. The van der Waals surface area contributed by atoms with E-state index in [1.165, 1.54) is 42.4 Å². The molecule has 2 nitrogen and oxygen atoms in total. The average molecular weight is 295 g/mol. The molecule has 0 saturated heterocycles. The smallest absolute Gasteiger partial charge is 0.0443 e. The Bertz CT molecular complexity index is 455. The molecular formula is C17H27ClN2. The Morgan fingerprint density at radius 1 is 1.05 bits per heavy atom. The van der Waals surface area contributed by atoms with Gasteiger partial charge in [-0.2, -0.15) is 0 Å². The minimum Gasteiger partial charge on any atom is -0.330 e. The minimum absolute atomic E-state index is 0.358. The van der Waals surface area contributed by atoms with Gasteiger partial charge in [0.15, 0.2) is 0 Å². The van der Waals surface area contributed by atoms with Gasteiger partial charge in [0.2, 0.25) is 0 Å². The van der Waals surface area contributed by atoms with Gasteiger partial charge in [-0.15, -0.1) is 0 Å². The molecule has 0 amide bonds. The van der Waals surface area contributed by atoms with Gasteiger partial charge in [-0.25, -0.2) is 0 Å². The van der Waals surface area contributed by atoms with Crippen molar-refractivity contribution in [3.05, 3.63) is 33.8 Å². The molecule has 1 aliphatic carbocycles. The van der Waals surface area contributed by atoms with E-state index < -0.39 is 0 Å². The first kappa shape index (κ1) is 15.8. The fourth-order valence-electron chi connectivity index (χ4n) is 3.34. The topological polar surface area (TPSA) is 52.0 Å². The number of hydrogen-bond donors (Lipinski definition) is 2. The van der Waals surface area contributed by atoms with Crippen LogP contribution < -0.4 is 11.5 Å². The van der Waals surface area contributed by atoms with Gasteiger partial charge in [-0.1, -0.05) is 31.5 Å². The summed E-state index contributed by atoms with van der Waals surface area (Å²) in [6.07, 6.45) is 4.95. The van der Waals surface area contributed by atoms with Crippen LogP contribution in [0.3, 0.4) is 0 Å². The van der Waals surface area contributed by atoms with Crippen molar-refractivity contribution in [2.75, 3.05) is 13.1 Å². The van der Waals surface area contributed by atoms with Gasteiger partial charge < -0.3 is 11.5 Å². The van der Waals surface area contributed by atoms with Crippen molar-refractivity contribution in [2.24, 2.45) is 23.3 Å². The Hall–Kier alpha value is -0.570. The number of halogens is 1. The third kappa shape index (κ3) is 3.19. The third-order valence-electron chi connectivity index (χ3n) is 5.09. The minimum atomic E-state index is 0.358. The van der Waals surface area contributed by atoms with Crippen LogP contribution in [0.2, 0.25) is 5.02 Å². The normalized spacial score (nSPS) is 17.9. The van der Waals surface area contributed by atoms with Crippen LogP contribution in [-0.4, -0.2) is 13.1 Å². The number of hydrogen-bond acceptors (Lipinski definition) is 2. The van der Waals surface area contributed by atoms with Crippen molar-refractivity contribution >= 4 is 11.6 Å². The zero-order valence-electron chi connectivity index (χ0n) is 12.7. The molecule has 0 radical (unpaired) electrons. The zero-order chi connectivity index (χ0) is 14.7. The van der Waals surface area contributed by atoms with E-state index in [9.17, 15) is 0 Å². The standard InChI is InChI=1S/C17H27ClN2/c1-11(15(9-19)10-20)12(2)16-7-13-5-3-4-6-14(13)8-17(16)18/h7-8,11-12,15H,3-6,9-10,19-20H2,1-2H3. The van der Waals surface area contributed by atoms with E-state index >= 15 is 0 Å². The van der Waals surface area contributed by atoms with Crippen LogP contribution in [0.25, 0.3) is 0 Å². The van der Waals surface area contributed by atoms with Gasteiger partial charge in [-0.05, 0) is 79.3 Å². The second-order valence-electron chi connectivity index (χ2n) is 6.23. The second-order valence-corrected chi connectivity index (χ2v) is 6.64. The Morgan fingerprint density at radius 3 is 2.15 bits per heavy atom. The Morgan fingerprint density at radius 2 is 1.60 bits per heavy atom. The number of nitrogens with two attached hydrogens (primary N) is 2. The molecule has 0 saturated carbocycles. The molecule has 0 heterocycles. The van der Waals surface area contributed by atoms with Crippen LogP contribution in [-0.2, 0) is 12.8 Å². The van der Waals surface area contributed by atoms with E-state index in [2.05, 4.69) is 26.0 Å². The summed E-state index contributed by atoms with van der Waals surface area (Å²) in [5.74, 6) is 1.20. The Labute approximate surface area is 127 Å². The van der Waals surface area contributed by atoms with Crippen LogP contribution in [0.15, 0.2) is 12.1 Å². The van der Waals surface area contributed by atoms with Crippen LogP contribution in [0.5, 0.6) is 0 Å². The maximum atomic E-state index is 6.53. The Kier molecular flexibility index (Phi) is 5.48. The van der Waals surface area contributed by atoms with Crippen molar-refractivity contribution < 1.29 is 0 Å². The number of rotatable bonds is 5. The van der Waals surface area contributed by atoms with Crippen LogP contribution >= 0.6 is 11.6 Å². The van der Waals surface area contributed by atoms with Crippen molar-refractivity contribution in [3.8, 4) is 0 Å². The summed E-state index contributed by atoms with van der Waals surface area (Å²) < 4.78 is 0. The first-order valence-electron chi connectivity index (χ1n) is 7.79. The van der Waals surface area contributed by atoms with Gasteiger partial charge in [0.05, 0.1) is 0 Å². The average Bonchev–Trinajstić information content (AvgIpc) is 2.47. The van der Waals surface area contributed by atoms with Gasteiger partial charge in [0.1, 0.15) is 0 Å². The van der Waals surface area contributed by atoms with Crippen LogP contribution in [0, 0.1) is 11.8 Å². The molecule has 0 spiro atoms. The van der Waals surface area contributed by atoms with E-state index in [0.29, 0.717) is 30.8 Å². The highest BCUT2D eigenvalue weighted by Crippen LogP contribution is 2.36. The molecule has 1 aliphatic rings. The number of aryl methyl sites for hydroxylation is 2. The lowest BCUT2D eigenvalue weighted by atomic mass is 9.78. The SMILES string of the molecule is CC(c1cc2c(cc1Cl)CCCC2)C(C)C(CN)CN. The molecule has 2 atom stereocenters. The third-order valence-corrected chi connectivity index (χ3v) is 5.42. The first-order chi connectivity index (χ1) is 9.58. The van der Waals surface area contributed by atoms with E-state index in [-0.39, 0.29) is 0 Å². The van der Waals surface area contributed by atoms with Crippen LogP contribution in [0.1, 0.15) is 49.3 Å². The summed E-state index contributed by atoms with van der Waals surface area (Å²) in [7, 11) is 0. The molecule has 2 rings (SSSR count). The predicted octanol–water partition coefficient (Wildman–Crippen LogP) is 3.49. The quantitative estimate of drug-likeness (QED) is 0.873. The highest BCUT2D eigenvalue weighted by atomic mass is 35.5. The Balaban J connectivity index is 2.27. The molecule has 1 aromatic carbocycles. The van der Waals surface area contributed by atoms with Gasteiger partial charge in [0.25, 0.3) is 0 Å². The summed E-state index contributed by atoms with van der Waals surface area (Å²) >= 11 is 6.53. The second kappa shape index (κ2) is 6.93. The van der Waals surface area contributed by atoms with Crippen molar-refractivity contribution in [1.29, 1.82) is 0 Å². The fourth-order valence-corrected chi connectivity index (χ4v) is 3.70. The predicted molar refractivity (Wildman–Crippen MR) is 87.3 cm³/mol. The van der Waals surface area contributed by atoms with Gasteiger partial charge >= 0.3 is 0 Å². The van der Waals surface area contributed by atoms with Gasteiger partial charge in [-0.3, -0.25) is 0 Å². The maximum Gasteiger partial charge on any atom is 0.0443 e. The highest BCUT2D eigenvalue weighted by molar-refractivity contribution is 6.31. The van der Waals surface area contributed by atoms with Gasteiger partial charge in [0, 0.05) is 5.02 Å². The molecule has 4 N–H and O–H groups in total. The highest BCUT2D eigenvalue weighted by Gasteiger charge is 2.24. The molecule has 0 bridgehead atoms. The summed E-state index contributed by atoms with van der Waals surface area (Å²) in [5, 5.41) is 0.915. The first-order valence-corrected chi connectivity index (χ1v) is 8.17. The molecule has 112 valence electrons. The number of fused-ring (bicyclic) bond motifs is 1. The lowest BCUT2D eigenvalue weighted by Gasteiger charge is -2.29. The zero-order valence-corrected chi connectivity index (χ0v) is 13.4. The molecule has 0 aromatic heterocycles. The van der Waals surface area contributed by atoms with Crippen molar-refractivity contribution in [2.45, 2.75) is 45.4 Å². The van der Waals surface area contributed by atoms with E-state index in [0.717, 1.165) is 5.02 Å². The molecule has 3 heteroatoms. The molecule has 2 unspecified atom stereocenters. The molecule has 20 heavy (non-hydrogen) atoms. The maximum absolute atomic E-state index is 6.53. The molecule has 1 aromatic rings. The van der Waals surface area contributed by atoms with E-state index in [1.807, 2.05) is 0 Å².